The molecule has 0 fully saturated rings. The fourth-order valence-corrected chi connectivity index (χ4v) is 2.31. The van der Waals surface area contributed by atoms with Crippen LogP contribution in [0.2, 0.25) is 0 Å². The van der Waals surface area contributed by atoms with Gasteiger partial charge in [0.25, 0.3) is 5.91 Å². The number of primary amides is 1. The number of nitrogens with two attached hydrogens (primary N) is 2. The molecule has 1 aromatic carbocycles. The summed E-state index contributed by atoms with van der Waals surface area (Å²) in [6, 6.07) is 4.30. The van der Waals surface area contributed by atoms with E-state index in [9.17, 15) is 14.4 Å². The molecule has 0 radical (unpaired) electrons. The minimum Gasteiger partial charge on any atom is -0.398 e. The number of amides is 2. The standard InChI is InChI=1S/C13H15N3O3/c14-10-4-1-3-8-9(10)7-16(13(8)19)11(12(15)18)5-2-6-17/h1,3-4,6,11H,2,5,7,14H2,(H2,15,18). The number of anilines is 1. The van der Waals surface area contributed by atoms with E-state index in [-0.39, 0.29) is 25.3 Å². The molecule has 6 heteroatoms. The van der Waals surface area contributed by atoms with E-state index >= 15 is 0 Å². The third-order valence-electron chi connectivity index (χ3n) is 3.29. The first kappa shape index (κ1) is 13.1. The quantitative estimate of drug-likeness (QED) is 0.577. The van der Waals surface area contributed by atoms with Crippen molar-refractivity contribution in [1.29, 1.82) is 0 Å². The minimum absolute atomic E-state index is 0.184. The molecule has 0 aliphatic carbocycles. The Morgan fingerprint density at radius 1 is 1.47 bits per heavy atom. The monoisotopic (exact) mass is 261 g/mol. The van der Waals surface area contributed by atoms with Crippen LogP contribution in [0.5, 0.6) is 0 Å². The highest BCUT2D eigenvalue weighted by molar-refractivity contribution is 6.02. The Morgan fingerprint density at radius 2 is 2.21 bits per heavy atom. The lowest BCUT2D eigenvalue weighted by Crippen LogP contribution is -2.44. The molecule has 100 valence electrons. The zero-order chi connectivity index (χ0) is 14.0. The number of hydrogen-bond donors (Lipinski definition) is 2. The number of fused-ring (bicyclic) bond motifs is 1. The highest BCUT2D eigenvalue weighted by Gasteiger charge is 2.35. The molecular formula is C13H15N3O3. The second kappa shape index (κ2) is 5.09. The predicted octanol–water partition coefficient (Wildman–Crippen LogP) is 0.0576. The first-order valence-corrected chi connectivity index (χ1v) is 5.97. The van der Waals surface area contributed by atoms with Gasteiger partial charge in [0.05, 0.1) is 0 Å². The van der Waals surface area contributed by atoms with Gasteiger partial charge in [-0.15, -0.1) is 0 Å². The Balaban J connectivity index is 2.28. The highest BCUT2D eigenvalue weighted by atomic mass is 16.2. The number of nitrogens with zero attached hydrogens (tertiary/aromatic N) is 1. The van der Waals surface area contributed by atoms with Crippen LogP contribution in [0.25, 0.3) is 0 Å². The van der Waals surface area contributed by atoms with E-state index in [1.807, 2.05) is 0 Å². The second-order valence-corrected chi connectivity index (χ2v) is 4.47. The van der Waals surface area contributed by atoms with Gasteiger partial charge >= 0.3 is 0 Å². The average molecular weight is 261 g/mol. The number of benzene rings is 1. The molecule has 19 heavy (non-hydrogen) atoms. The Hall–Kier alpha value is -2.37. The zero-order valence-electron chi connectivity index (χ0n) is 10.3. The van der Waals surface area contributed by atoms with E-state index in [0.29, 0.717) is 23.1 Å². The van der Waals surface area contributed by atoms with Crippen LogP contribution in [0.4, 0.5) is 5.69 Å². The molecule has 4 N–H and O–H groups in total. The second-order valence-electron chi connectivity index (χ2n) is 4.47. The summed E-state index contributed by atoms with van der Waals surface area (Å²) in [4.78, 5) is 35.5. The topological polar surface area (TPSA) is 106 Å². The number of nitrogen functional groups attached to an aromatic ring is 1. The first-order valence-electron chi connectivity index (χ1n) is 5.97. The number of carbonyl (C=O) groups is 3. The Bertz CT molecular complexity index is 542. The molecule has 6 nitrogen and oxygen atoms in total. The normalized spacial score (nSPS) is 15.2. The third kappa shape index (κ3) is 2.29. The fourth-order valence-electron chi connectivity index (χ4n) is 2.31. The maximum absolute atomic E-state index is 12.2. The lowest BCUT2D eigenvalue weighted by atomic mass is 10.1. The Kier molecular flexibility index (Phi) is 3.50. The van der Waals surface area contributed by atoms with Gasteiger partial charge < -0.3 is 21.2 Å². The van der Waals surface area contributed by atoms with Crippen molar-refractivity contribution in [3.05, 3.63) is 29.3 Å². The molecule has 2 rings (SSSR count). The summed E-state index contributed by atoms with van der Waals surface area (Å²) in [6.07, 6.45) is 1.12. The molecule has 0 saturated heterocycles. The van der Waals surface area contributed by atoms with Gasteiger partial charge in [-0.3, -0.25) is 9.59 Å². The predicted molar refractivity (Wildman–Crippen MR) is 69.0 cm³/mol. The van der Waals surface area contributed by atoms with Crippen LogP contribution in [-0.2, 0) is 16.1 Å². The highest BCUT2D eigenvalue weighted by Crippen LogP contribution is 2.29. The van der Waals surface area contributed by atoms with Gasteiger partial charge in [0, 0.05) is 29.8 Å². The molecular weight excluding hydrogens is 246 g/mol. The number of aldehydes is 1. The molecule has 1 aliphatic heterocycles. The van der Waals surface area contributed by atoms with Gasteiger partial charge in [0.2, 0.25) is 5.91 Å². The molecule has 1 atom stereocenters. The summed E-state index contributed by atoms with van der Waals surface area (Å²) >= 11 is 0. The van der Waals surface area contributed by atoms with E-state index in [4.69, 9.17) is 11.5 Å². The van der Waals surface area contributed by atoms with Crippen LogP contribution < -0.4 is 11.5 Å². The first-order chi connectivity index (χ1) is 9.06. The van der Waals surface area contributed by atoms with Gasteiger partial charge in [-0.05, 0) is 18.6 Å². The lowest BCUT2D eigenvalue weighted by molar-refractivity contribution is -0.122. The van der Waals surface area contributed by atoms with Crippen LogP contribution in [-0.4, -0.2) is 29.0 Å². The summed E-state index contributed by atoms with van der Waals surface area (Å²) in [6.45, 7) is 0.257. The molecule has 0 bridgehead atoms. The van der Waals surface area contributed by atoms with E-state index in [2.05, 4.69) is 0 Å². The van der Waals surface area contributed by atoms with Gasteiger partial charge in [-0.25, -0.2) is 0 Å². The number of hydrogen-bond acceptors (Lipinski definition) is 4. The van der Waals surface area contributed by atoms with Crippen molar-refractivity contribution >= 4 is 23.8 Å². The van der Waals surface area contributed by atoms with E-state index in [1.54, 1.807) is 18.2 Å². The largest absolute Gasteiger partial charge is 0.398 e. The zero-order valence-corrected chi connectivity index (χ0v) is 10.3. The average Bonchev–Trinajstić information content (AvgIpc) is 2.69. The molecule has 0 saturated carbocycles. The molecule has 1 aliphatic rings. The summed E-state index contributed by atoms with van der Waals surface area (Å²) in [5.41, 5.74) is 12.9. The van der Waals surface area contributed by atoms with Crippen LogP contribution in [0.1, 0.15) is 28.8 Å². The maximum Gasteiger partial charge on any atom is 0.255 e. The van der Waals surface area contributed by atoms with Crippen molar-refractivity contribution in [1.82, 2.24) is 4.90 Å². The van der Waals surface area contributed by atoms with Crippen LogP contribution in [0.15, 0.2) is 18.2 Å². The summed E-state index contributed by atoms with van der Waals surface area (Å²) in [5, 5.41) is 0. The van der Waals surface area contributed by atoms with Crippen LogP contribution >= 0.6 is 0 Å². The van der Waals surface area contributed by atoms with Crippen molar-refractivity contribution in [3.8, 4) is 0 Å². The molecule has 1 aromatic rings. The van der Waals surface area contributed by atoms with E-state index in [1.165, 1.54) is 4.90 Å². The van der Waals surface area contributed by atoms with Crippen molar-refractivity contribution < 1.29 is 14.4 Å². The van der Waals surface area contributed by atoms with Crippen molar-refractivity contribution in [2.24, 2.45) is 5.73 Å². The Labute approximate surface area is 110 Å². The van der Waals surface area contributed by atoms with Crippen LogP contribution in [0.3, 0.4) is 0 Å². The van der Waals surface area contributed by atoms with Gasteiger partial charge in [-0.1, -0.05) is 6.07 Å². The van der Waals surface area contributed by atoms with Gasteiger partial charge in [0.15, 0.2) is 0 Å². The Morgan fingerprint density at radius 3 is 2.79 bits per heavy atom. The summed E-state index contributed by atoms with van der Waals surface area (Å²) in [5.74, 6) is -0.876. The number of rotatable bonds is 5. The lowest BCUT2D eigenvalue weighted by Gasteiger charge is -2.24. The van der Waals surface area contributed by atoms with E-state index < -0.39 is 11.9 Å². The summed E-state index contributed by atoms with van der Waals surface area (Å²) < 4.78 is 0. The molecule has 2 amide bonds. The van der Waals surface area contributed by atoms with Crippen molar-refractivity contribution in [3.63, 3.8) is 0 Å². The van der Waals surface area contributed by atoms with E-state index in [0.717, 1.165) is 0 Å². The molecule has 1 unspecified atom stereocenters. The van der Waals surface area contributed by atoms with Crippen LogP contribution in [0, 0.1) is 0 Å². The SMILES string of the molecule is NC(=O)C(CCC=O)N1Cc2c(N)cccc2C1=O. The maximum atomic E-state index is 12.2. The fraction of sp³-hybridized carbons (Fsp3) is 0.308. The summed E-state index contributed by atoms with van der Waals surface area (Å²) in [7, 11) is 0. The molecule has 0 aromatic heterocycles. The molecule has 1 heterocycles. The minimum atomic E-state index is -0.774. The number of carbonyl (C=O) groups excluding carboxylic acids is 3. The van der Waals surface area contributed by atoms with Gasteiger partial charge in [0.1, 0.15) is 12.3 Å². The van der Waals surface area contributed by atoms with Crippen molar-refractivity contribution in [2.75, 3.05) is 5.73 Å². The third-order valence-corrected chi connectivity index (χ3v) is 3.29. The van der Waals surface area contributed by atoms with Crippen molar-refractivity contribution in [2.45, 2.75) is 25.4 Å². The molecule has 0 spiro atoms. The smallest absolute Gasteiger partial charge is 0.255 e. The van der Waals surface area contributed by atoms with Gasteiger partial charge in [-0.2, -0.15) is 0 Å².